The molecule has 1 saturated heterocycles. The van der Waals surface area contributed by atoms with E-state index in [0.717, 1.165) is 11.1 Å². The summed E-state index contributed by atoms with van der Waals surface area (Å²) < 4.78 is 34.3. The molecule has 0 saturated carbocycles. The van der Waals surface area contributed by atoms with E-state index in [9.17, 15) is 18.7 Å². The van der Waals surface area contributed by atoms with Crippen LogP contribution in [0.4, 0.5) is 20.4 Å². The number of carboxylic acids is 1. The number of benzene rings is 1. The summed E-state index contributed by atoms with van der Waals surface area (Å²) in [4.78, 5) is 26.8. The van der Waals surface area contributed by atoms with Gasteiger partial charge in [0, 0.05) is 30.2 Å². The predicted octanol–water partition coefficient (Wildman–Crippen LogP) is 4.88. The zero-order valence-corrected chi connectivity index (χ0v) is 20.3. The van der Waals surface area contributed by atoms with Crippen molar-refractivity contribution in [2.75, 3.05) is 36.5 Å². The first-order chi connectivity index (χ1) is 17.2. The molecule has 36 heavy (non-hydrogen) atoms. The number of aromatic nitrogens is 4. The number of morpholine rings is 1. The lowest BCUT2D eigenvalue weighted by atomic mass is 10.0. The van der Waals surface area contributed by atoms with E-state index in [4.69, 9.17) is 21.3 Å². The molecule has 188 valence electrons. The Labute approximate surface area is 209 Å². The van der Waals surface area contributed by atoms with E-state index in [2.05, 4.69) is 15.3 Å². The van der Waals surface area contributed by atoms with E-state index in [0.29, 0.717) is 54.5 Å². The Kier molecular flexibility index (Phi) is 6.35. The van der Waals surface area contributed by atoms with Gasteiger partial charge in [-0.25, -0.2) is 28.5 Å². The maximum Gasteiger partial charge on any atom is 0.356 e. The topological polar surface area (TPSA) is 105 Å². The van der Waals surface area contributed by atoms with Crippen molar-refractivity contribution in [3.05, 3.63) is 58.1 Å². The number of halogens is 3. The molecule has 9 nitrogen and oxygen atoms in total. The quantitative estimate of drug-likeness (QED) is 0.349. The number of fused-ring (bicyclic) bond motifs is 3. The van der Waals surface area contributed by atoms with Crippen molar-refractivity contribution in [2.24, 2.45) is 0 Å². The number of hydrogen-bond acceptors (Lipinski definition) is 7. The van der Waals surface area contributed by atoms with Gasteiger partial charge in [0.1, 0.15) is 16.5 Å². The maximum absolute atomic E-state index is 13.6. The molecule has 0 spiro atoms. The maximum atomic E-state index is 13.6. The lowest BCUT2D eigenvalue weighted by molar-refractivity contribution is 0.0691. The van der Waals surface area contributed by atoms with Crippen LogP contribution in [0.3, 0.4) is 0 Å². The second kappa shape index (κ2) is 9.47. The van der Waals surface area contributed by atoms with Crippen LogP contribution in [0, 0.1) is 6.92 Å². The number of hydrogen-bond donors (Lipinski definition) is 2. The first-order valence-electron chi connectivity index (χ1n) is 11.3. The summed E-state index contributed by atoms with van der Waals surface area (Å²) in [5.74, 6) is -0.718. The molecule has 12 heteroatoms. The first kappa shape index (κ1) is 24.1. The van der Waals surface area contributed by atoms with Crippen LogP contribution in [-0.2, 0) is 4.74 Å². The Bertz CT molecular complexity index is 1470. The molecule has 1 atom stereocenters. The number of carboxylic acid groups (broad SMARTS) is 1. The van der Waals surface area contributed by atoms with Crippen LogP contribution in [0.5, 0.6) is 0 Å². The third-order valence-corrected chi connectivity index (χ3v) is 6.31. The predicted molar refractivity (Wildman–Crippen MR) is 131 cm³/mol. The van der Waals surface area contributed by atoms with E-state index in [1.54, 1.807) is 10.5 Å². The third-order valence-electron chi connectivity index (χ3n) is 6.10. The molecule has 1 aliphatic rings. The van der Waals surface area contributed by atoms with Gasteiger partial charge >= 0.3 is 5.97 Å². The Hall–Kier alpha value is -3.57. The molecule has 3 aromatic heterocycles. The first-order valence-corrected chi connectivity index (χ1v) is 11.7. The highest BCUT2D eigenvalue weighted by Crippen LogP contribution is 2.34. The monoisotopic (exact) mass is 516 g/mol. The van der Waals surface area contributed by atoms with Crippen molar-refractivity contribution in [1.29, 1.82) is 0 Å². The number of alkyl halides is 2. The summed E-state index contributed by atoms with van der Waals surface area (Å²) in [7, 11) is 0. The van der Waals surface area contributed by atoms with E-state index in [1.165, 1.54) is 12.3 Å². The van der Waals surface area contributed by atoms with Crippen LogP contribution in [0.2, 0.25) is 5.15 Å². The smallest absolute Gasteiger partial charge is 0.356 e. The van der Waals surface area contributed by atoms with Crippen LogP contribution < -0.4 is 10.2 Å². The standard InChI is InChI=1S/C24H23ClF2N6O3/c1-12-9-14(13(2)28-16-3-4-18(25)30-20(16)23(34)35)19-15(10-12)22-29-17(21(26)27)11-33(22)24(31-19)32-5-7-36-8-6-32/h3-4,9-11,13,21,28H,5-8H2,1-2H3,(H,34,35). The van der Waals surface area contributed by atoms with Gasteiger partial charge in [0.15, 0.2) is 5.69 Å². The minimum absolute atomic E-state index is 0.0694. The van der Waals surface area contributed by atoms with Crippen LogP contribution in [0.1, 0.15) is 46.7 Å². The normalized spacial score (nSPS) is 15.1. The summed E-state index contributed by atoms with van der Waals surface area (Å²) in [6, 6.07) is 6.46. The molecule has 1 aliphatic heterocycles. The van der Waals surface area contributed by atoms with Gasteiger partial charge in [-0.15, -0.1) is 0 Å². The molecule has 2 N–H and O–H groups in total. The number of rotatable bonds is 6. The molecule has 1 fully saturated rings. The number of anilines is 2. The van der Waals surface area contributed by atoms with Crippen LogP contribution >= 0.6 is 11.6 Å². The molecule has 0 aliphatic carbocycles. The Morgan fingerprint density at radius 2 is 1.94 bits per heavy atom. The fraction of sp³-hybridized carbons (Fsp3) is 0.333. The molecule has 1 unspecified atom stereocenters. The largest absolute Gasteiger partial charge is 0.476 e. The molecular formula is C24H23ClF2N6O3. The number of aryl methyl sites for hydroxylation is 1. The number of carbonyl (C=O) groups is 1. The van der Waals surface area contributed by atoms with Crippen molar-refractivity contribution in [3.63, 3.8) is 0 Å². The van der Waals surface area contributed by atoms with E-state index in [-0.39, 0.29) is 16.5 Å². The van der Waals surface area contributed by atoms with Gasteiger partial charge in [0.25, 0.3) is 6.43 Å². The highest BCUT2D eigenvalue weighted by atomic mass is 35.5. The summed E-state index contributed by atoms with van der Waals surface area (Å²) in [6.07, 6.45) is -1.39. The third kappa shape index (κ3) is 4.40. The zero-order chi connectivity index (χ0) is 25.6. The van der Waals surface area contributed by atoms with Crippen LogP contribution in [-0.4, -0.2) is 56.7 Å². The molecule has 4 heterocycles. The molecule has 5 rings (SSSR count). The fourth-order valence-electron chi connectivity index (χ4n) is 4.44. The number of imidazole rings is 1. The summed E-state index contributed by atoms with van der Waals surface area (Å²) in [6.45, 7) is 5.87. The highest BCUT2D eigenvalue weighted by Gasteiger charge is 2.24. The highest BCUT2D eigenvalue weighted by molar-refractivity contribution is 6.29. The minimum atomic E-state index is -2.73. The van der Waals surface area contributed by atoms with E-state index < -0.39 is 18.4 Å². The Morgan fingerprint density at radius 1 is 1.19 bits per heavy atom. The van der Waals surface area contributed by atoms with Crippen molar-refractivity contribution in [3.8, 4) is 0 Å². The fourth-order valence-corrected chi connectivity index (χ4v) is 4.59. The number of pyridine rings is 1. The SMILES string of the molecule is Cc1cc(C(C)Nc2ccc(Cl)nc2C(=O)O)c2nc(N3CCOCC3)n3cc(C(F)F)nc3c2c1. The molecule has 4 aromatic rings. The summed E-state index contributed by atoms with van der Waals surface area (Å²) in [5, 5.41) is 13.5. The van der Waals surface area contributed by atoms with Crippen molar-refractivity contribution in [2.45, 2.75) is 26.3 Å². The molecule has 1 aromatic carbocycles. The molecular weight excluding hydrogens is 494 g/mol. The van der Waals surface area contributed by atoms with Gasteiger partial charge in [-0.05, 0) is 37.6 Å². The van der Waals surface area contributed by atoms with E-state index >= 15 is 0 Å². The number of nitrogens with one attached hydrogen (secondary N) is 1. The second-order valence-corrected chi connectivity index (χ2v) is 9.01. The Balaban J connectivity index is 1.69. The lowest BCUT2D eigenvalue weighted by Gasteiger charge is -2.29. The van der Waals surface area contributed by atoms with Gasteiger partial charge in [-0.3, -0.25) is 4.40 Å². The molecule has 0 radical (unpaired) electrons. The van der Waals surface area contributed by atoms with Crippen molar-refractivity contribution >= 4 is 45.8 Å². The average Bonchev–Trinajstić information content (AvgIpc) is 3.31. The minimum Gasteiger partial charge on any atom is -0.476 e. The van der Waals surface area contributed by atoms with Crippen molar-refractivity contribution in [1.82, 2.24) is 19.4 Å². The van der Waals surface area contributed by atoms with E-state index in [1.807, 2.05) is 30.9 Å². The van der Waals surface area contributed by atoms with Crippen LogP contribution in [0.15, 0.2) is 30.5 Å². The second-order valence-electron chi connectivity index (χ2n) is 8.62. The Morgan fingerprint density at radius 3 is 2.64 bits per heavy atom. The lowest BCUT2D eigenvalue weighted by Crippen LogP contribution is -2.38. The van der Waals surface area contributed by atoms with Crippen LogP contribution in [0.25, 0.3) is 16.6 Å². The van der Waals surface area contributed by atoms with Gasteiger partial charge in [-0.1, -0.05) is 17.7 Å². The zero-order valence-electron chi connectivity index (χ0n) is 19.5. The number of aromatic carboxylic acids is 1. The number of ether oxygens (including phenoxy) is 1. The summed E-state index contributed by atoms with van der Waals surface area (Å²) in [5.41, 5.74) is 2.37. The van der Waals surface area contributed by atoms with Gasteiger partial charge in [-0.2, -0.15) is 0 Å². The molecule has 0 amide bonds. The van der Waals surface area contributed by atoms with Gasteiger partial charge in [0.05, 0.1) is 30.5 Å². The summed E-state index contributed by atoms with van der Waals surface area (Å²) >= 11 is 5.90. The van der Waals surface area contributed by atoms with Crippen molar-refractivity contribution < 1.29 is 23.4 Å². The average molecular weight is 517 g/mol. The van der Waals surface area contributed by atoms with Gasteiger partial charge < -0.3 is 20.1 Å². The molecule has 0 bridgehead atoms. The number of nitrogens with zero attached hydrogens (tertiary/aromatic N) is 5. The van der Waals surface area contributed by atoms with Gasteiger partial charge in [0.2, 0.25) is 5.95 Å².